The second-order valence-electron chi connectivity index (χ2n) is 7.30. The van der Waals surface area contributed by atoms with Gasteiger partial charge in [0.05, 0.1) is 18.0 Å². The highest BCUT2D eigenvalue weighted by molar-refractivity contribution is 7.98. The Morgan fingerprint density at radius 2 is 1.97 bits per heavy atom. The molecule has 0 spiro atoms. The van der Waals surface area contributed by atoms with Gasteiger partial charge in [-0.05, 0) is 48.0 Å². The van der Waals surface area contributed by atoms with E-state index in [1.807, 2.05) is 18.2 Å². The maximum Gasteiger partial charge on any atom is 0.255 e. The maximum absolute atomic E-state index is 13.1. The molecule has 1 aromatic heterocycles. The highest BCUT2D eigenvalue weighted by atomic mass is 32.2. The molecule has 1 N–H and O–H groups in total. The van der Waals surface area contributed by atoms with Crippen molar-refractivity contribution in [2.75, 3.05) is 31.4 Å². The number of anilines is 1. The molecule has 0 aliphatic carbocycles. The minimum Gasteiger partial charge on any atom is -0.491 e. The quantitative estimate of drug-likeness (QED) is 0.282. The summed E-state index contributed by atoms with van der Waals surface area (Å²) in [6.45, 7) is 0.817. The molecule has 0 atom stereocenters. The number of carbonyl (C=O) groups is 3. The molecule has 0 radical (unpaired) electrons. The topological polar surface area (TPSA) is 94.6 Å². The molecule has 34 heavy (non-hydrogen) atoms. The molecule has 0 saturated heterocycles. The Balaban J connectivity index is 1.84. The minimum absolute atomic E-state index is 0.263. The lowest BCUT2D eigenvalue weighted by Gasteiger charge is -2.14. The maximum atomic E-state index is 13.1. The van der Waals surface area contributed by atoms with Gasteiger partial charge in [0, 0.05) is 47.9 Å². The molecule has 3 rings (SSSR count). The Hall–Kier alpha value is -3.49. The molecule has 1 amide bonds. The smallest absolute Gasteiger partial charge is 0.255 e. The first-order valence-electron chi connectivity index (χ1n) is 10.7. The first-order chi connectivity index (χ1) is 16.6. The van der Waals surface area contributed by atoms with Crippen LogP contribution in [-0.4, -0.2) is 49.5 Å². The van der Waals surface area contributed by atoms with Crippen molar-refractivity contribution >= 4 is 35.9 Å². The standard InChI is InChI=1S/C26H26N2O5S/c1-32-11-12-33-22-6-7-24(23(16-22)25-15-19(17-30)8-9-27-25)28-26(31)21-5-2-4-20(14-21)18-34-13-3-10-29/h2,4-10,14-17H,3,11-13,18H2,1H3,(H,28,31). The summed E-state index contributed by atoms with van der Waals surface area (Å²) in [7, 11) is 1.60. The molecule has 0 aliphatic heterocycles. The lowest BCUT2D eigenvalue weighted by atomic mass is 10.1. The number of amides is 1. The highest BCUT2D eigenvalue weighted by Gasteiger charge is 2.14. The Morgan fingerprint density at radius 1 is 1.09 bits per heavy atom. The molecule has 0 bridgehead atoms. The van der Waals surface area contributed by atoms with E-state index in [2.05, 4.69) is 10.3 Å². The summed E-state index contributed by atoms with van der Waals surface area (Å²) in [4.78, 5) is 39.2. The average Bonchev–Trinajstić information content (AvgIpc) is 2.87. The number of aldehydes is 2. The van der Waals surface area contributed by atoms with Gasteiger partial charge in [0.15, 0.2) is 0 Å². The van der Waals surface area contributed by atoms with Crippen molar-refractivity contribution in [3.05, 3.63) is 77.5 Å². The van der Waals surface area contributed by atoms with Crippen LogP contribution >= 0.6 is 11.8 Å². The van der Waals surface area contributed by atoms with Crippen LogP contribution in [0.1, 0.15) is 32.7 Å². The van der Waals surface area contributed by atoms with Gasteiger partial charge in [0.25, 0.3) is 5.91 Å². The summed E-state index contributed by atoms with van der Waals surface area (Å²) in [6.07, 6.45) is 3.72. The third-order valence-corrected chi connectivity index (χ3v) is 5.89. The lowest BCUT2D eigenvalue weighted by Crippen LogP contribution is -2.13. The monoisotopic (exact) mass is 478 g/mol. The van der Waals surface area contributed by atoms with Crippen molar-refractivity contribution in [1.29, 1.82) is 0 Å². The third kappa shape index (κ3) is 7.26. The Kier molecular flexibility index (Phi) is 9.81. The summed E-state index contributed by atoms with van der Waals surface area (Å²) in [5, 5.41) is 2.96. The first kappa shape index (κ1) is 25.1. The van der Waals surface area contributed by atoms with Gasteiger partial charge >= 0.3 is 0 Å². The molecule has 0 unspecified atom stereocenters. The zero-order chi connectivity index (χ0) is 24.2. The number of nitrogens with one attached hydrogen (secondary N) is 1. The number of pyridine rings is 1. The van der Waals surface area contributed by atoms with E-state index in [4.69, 9.17) is 9.47 Å². The number of benzene rings is 2. The van der Waals surface area contributed by atoms with Gasteiger partial charge in [0.1, 0.15) is 24.9 Å². The van der Waals surface area contributed by atoms with Crippen molar-refractivity contribution in [3.63, 3.8) is 0 Å². The number of aromatic nitrogens is 1. The molecule has 176 valence electrons. The number of methoxy groups -OCH3 is 1. The van der Waals surface area contributed by atoms with Gasteiger partial charge in [-0.25, -0.2) is 0 Å². The fourth-order valence-electron chi connectivity index (χ4n) is 3.16. The zero-order valence-electron chi connectivity index (χ0n) is 18.9. The Morgan fingerprint density at radius 3 is 2.76 bits per heavy atom. The van der Waals surface area contributed by atoms with Crippen LogP contribution < -0.4 is 10.1 Å². The predicted octanol–water partition coefficient (Wildman–Crippen LogP) is 4.66. The second kappa shape index (κ2) is 13.3. The van der Waals surface area contributed by atoms with E-state index in [-0.39, 0.29) is 5.91 Å². The minimum atomic E-state index is -0.263. The fraction of sp³-hybridized carbons (Fsp3) is 0.231. The van der Waals surface area contributed by atoms with E-state index >= 15 is 0 Å². The van der Waals surface area contributed by atoms with Crippen LogP contribution in [0.3, 0.4) is 0 Å². The first-order valence-corrected chi connectivity index (χ1v) is 11.9. The average molecular weight is 479 g/mol. The molecule has 2 aromatic carbocycles. The van der Waals surface area contributed by atoms with Gasteiger partial charge in [-0.15, -0.1) is 0 Å². The number of thioether (sulfide) groups is 1. The molecule has 1 heterocycles. The lowest BCUT2D eigenvalue weighted by molar-refractivity contribution is -0.107. The summed E-state index contributed by atoms with van der Waals surface area (Å²) in [5.74, 6) is 1.80. The number of hydrogen-bond acceptors (Lipinski definition) is 7. The molecule has 0 aliphatic rings. The van der Waals surface area contributed by atoms with Crippen LogP contribution in [0.5, 0.6) is 5.75 Å². The number of nitrogens with zero attached hydrogens (tertiary/aromatic N) is 1. The van der Waals surface area contributed by atoms with Gasteiger partial charge in [-0.1, -0.05) is 12.1 Å². The van der Waals surface area contributed by atoms with Crippen LogP contribution in [0.4, 0.5) is 5.69 Å². The van der Waals surface area contributed by atoms with E-state index in [9.17, 15) is 14.4 Å². The normalized spacial score (nSPS) is 10.5. The number of hydrogen-bond donors (Lipinski definition) is 1. The molecule has 0 saturated carbocycles. The van der Waals surface area contributed by atoms with Crippen LogP contribution in [0, 0.1) is 0 Å². The van der Waals surface area contributed by atoms with Crippen LogP contribution in [0.25, 0.3) is 11.3 Å². The van der Waals surface area contributed by atoms with Crippen molar-refractivity contribution in [2.24, 2.45) is 0 Å². The van der Waals surface area contributed by atoms with Crippen molar-refractivity contribution in [3.8, 4) is 17.0 Å². The largest absolute Gasteiger partial charge is 0.491 e. The summed E-state index contributed by atoms with van der Waals surface area (Å²) < 4.78 is 10.8. The highest BCUT2D eigenvalue weighted by Crippen LogP contribution is 2.31. The third-order valence-electron chi connectivity index (χ3n) is 4.83. The molecule has 3 aromatic rings. The van der Waals surface area contributed by atoms with Crippen molar-refractivity contribution in [1.82, 2.24) is 4.98 Å². The predicted molar refractivity (Wildman–Crippen MR) is 134 cm³/mol. The van der Waals surface area contributed by atoms with E-state index in [1.54, 1.807) is 61.5 Å². The SMILES string of the molecule is COCCOc1ccc(NC(=O)c2cccc(CSCCC=O)c2)c(-c2cc(C=O)ccn2)c1. The number of carbonyl (C=O) groups excluding carboxylic acids is 3. The van der Waals surface area contributed by atoms with Crippen molar-refractivity contribution in [2.45, 2.75) is 12.2 Å². The fourth-order valence-corrected chi connectivity index (χ4v) is 3.99. The van der Waals surface area contributed by atoms with Gasteiger partial charge in [-0.2, -0.15) is 11.8 Å². The van der Waals surface area contributed by atoms with E-state index < -0.39 is 0 Å². The molecule has 8 heteroatoms. The number of ether oxygens (including phenoxy) is 2. The number of rotatable bonds is 13. The van der Waals surface area contributed by atoms with Crippen molar-refractivity contribution < 1.29 is 23.9 Å². The van der Waals surface area contributed by atoms with Crippen LogP contribution in [0.15, 0.2) is 60.8 Å². The van der Waals surface area contributed by atoms with Gasteiger partial charge < -0.3 is 19.6 Å². The second-order valence-corrected chi connectivity index (χ2v) is 8.41. The zero-order valence-corrected chi connectivity index (χ0v) is 19.7. The summed E-state index contributed by atoms with van der Waals surface area (Å²) >= 11 is 1.65. The van der Waals surface area contributed by atoms with E-state index in [0.29, 0.717) is 53.5 Å². The van der Waals surface area contributed by atoms with E-state index in [1.165, 1.54) is 0 Å². The molecule has 0 fully saturated rings. The summed E-state index contributed by atoms with van der Waals surface area (Å²) in [5.41, 5.74) is 3.73. The van der Waals surface area contributed by atoms with Crippen LogP contribution in [-0.2, 0) is 15.3 Å². The van der Waals surface area contributed by atoms with Gasteiger partial charge in [-0.3, -0.25) is 14.6 Å². The Labute approximate surface area is 202 Å². The Bertz CT molecular complexity index is 1140. The van der Waals surface area contributed by atoms with E-state index in [0.717, 1.165) is 29.6 Å². The molecular formula is C26H26N2O5S. The van der Waals surface area contributed by atoms with Gasteiger partial charge in [0.2, 0.25) is 0 Å². The molecular weight excluding hydrogens is 452 g/mol. The summed E-state index contributed by atoms with van der Waals surface area (Å²) in [6, 6.07) is 16.0. The van der Waals surface area contributed by atoms with Crippen LogP contribution in [0.2, 0.25) is 0 Å². The molecule has 7 nitrogen and oxygen atoms in total.